The molecule has 0 unspecified atom stereocenters. The Morgan fingerprint density at radius 1 is 1.16 bits per heavy atom. The summed E-state index contributed by atoms with van der Waals surface area (Å²) in [4.78, 5) is 15.3. The highest BCUT2D eigenvalue weighted by molar-refractivity contribution is 9.10. The van der Waals surface area contributed by atoms with Crippen LogP contribution in [0.2, 0.25) is 0 Å². The van der Waals surface area contributed by atoms with Crippen LogP contribution in [0.5, 0.6) is 11.5 Å². The number of halogens is 1. The van der Waals surface area contributed by atoms with Crippen LogP contribution in [0, 0.1) is 0 Å². The van der Waals surface area contributed by atoms with Crippen LogP contribution in [0.25, 0.3) is 22.0 Å². The van der Waals surface area contributed by atoms with E-state index in [1.165, 1.54) is 13.1 Å². The molecule has 10 heteroatoms. The average Bonchev–Trinajstić information content (AvgIpc) is 3.19. The molecule has 1 aliphatic rings. The van der Waals surface area contributed by atoms with Crippen molar-refractivity contribution >= 4 is 50.5 Å². The van der Waals surface area contributed by atoms with Gasteiger partial charge in [0.05, 0.1) is 17.3 Å². The second kappa shape index (κ2) is 10.2. The third-order valence-corrected chi connectivity index (χ3v) is 6.93. The lowest BCUT2D eigenvalue weighted by Gasteiger charge is -2.19. The fourth-order valence-corrected chi connectivity index (χ4v) is 4.79. The molecule has 1 aliphatic heterocycles. The first-order valence-electron chi connectivity index (χ1n) is 11.7. The lowest BCUT2D eigenvalue weighted by molar-refractivity contribution is -0.140. The predicted octanol–water partition coefficient (Wildman–Crippen LogP) is 4.77. The molecule has 0 saturated heterocycles. The van der Waals surface area contributed by atoms with E-state index in [9.17, 15) is 15.0 Å². The summed E-state index contributed by atoms with van der Waals surface area (Å²) in [6.45, 7) is 2.48. The first kappa shape index (κ1) is 24.8. The molecule has 0 aliphatic carbocycles. The Morgan fingerprint density at radius 3 is 2.70 bits per heavy atom. The second-order valence-corrected chi connectivity index (χ2v) is 9.49. The average molecular weight is 565 g/mol. The number of ether oxygens (including phenoxy) is 2. The van der Waals surface area contributed by atoms with E-state index in [0.717, 1.165) is 43.7 Å². The molecular formula is C27H25BrN4O5. The summed E-state index contributed by atoms with van der Waals surface area (Å²) in [6, 6.07) is 16.3. The van der Waals surface area contributed by atoms with Gasteiger partial charge in [-0.15, -0.1) is 0 Å². The monoisotopic (exact) mass is 564 g/mol. The van der Waals surface area contributed by atoms with Crippen LogP contribution >= 0.6 is 15.9 Å². The van der Waals surface area contributed by atoms with Crippen LogP contribution in [0.15, 0.2) is 64.1 Å². The Bertz CT molecular complexity index is 1510. The quantitative estimate of drug-likeness (QED) is 0.276. The molecule has 37 heavy (non-hydrogen) atoms. The third kappa shape index (κ3) is 5.03. The summed E-state index contributed by atoms with van der Waals surface area (Å²) >= 11 is 3.76. The molecule has 1 aromatic heterocycles. The van der Waals surface area contributed by atoms with Gasteiger partial charge in [-0.3, -0.25) is 9.67 Å². The maximum Gasteiger partial charge on any atom is 0.331 e. The van der Waals surface area contributed by atoms with Gasteiger partial charge >= 0.3 is 5.97 Å². The van der Waals surface area contributed by atoms with Crippen molar-refractivity contribution < 1.29 is 24.5 Å². The molecule has 0 radical (unpaired) electrons. The smallest absolute Gasteiger partial charge is 0.331 e. The Labute approximate surface area is 221 Å². The number of hydrogen-bond donors (Lipinski definition) is 3. The topological polar surface area (TPSA) is 118 Å². The number of rotatable bonds is 7. The first-order valence-corrected chi connectivity index (χ1v) is 12.5. The van der Waals surface area contributed by atoms with E-state index in [-0.39, 0.29) is 0 Å². The van der Waals surface area contributed by atoms with Crippen molar-refractivity contribution in [2.45, 2.75) is 19.1 Å². The molecule has 0 saturated carbocycles. The molecule has 3 aromatic carbocycles. The summed E-state index contributed by atoms with van der Waals surface area (Å²) in [5.74, 6) is 0.970. The molecule has 2 atom stereocenters. The lowest BCUT2D eigenvalue weighted by Crippen LogP contribution is -2.29. The third-order valence-electron chi connectivity index (χ3n) is 6.07. The molecule has 190 valence electrons. The van der Waals surface area contributed by atoms with Gasteiger partial charge in [-0.25, -0.2) is 4.79 Å². The summed E-state index contributed by atoms with van der Waals surface area (Å²) in [7, 11) is 1.84. The summed E-state index contributed by atoms with van der Waals surface area (Å²) in [6.07, 6.45) is 0.361. The van der Waals surface area contributed by atoms with Gasteiger partial charge in [-0.05, 0) is 69.9 Å². The number of carboxylic acid groups (broad SMARTS) is 1. The minimum absolute atomic E-state index is 0.528. The number of anilines is 2. The normalized spacial score (nSPS) is 14.6. The number of benzene rings is 3. The van der Waals surface area contributed by atoms with Crippen LogP contribution in [0.3, 0.4) is 0 Å². The fraction of sp³-hybridized carbons (Fsp3) is 0.222. The molecule has 5 rings (SSSR count). The van der Waals surface area contributed by atoms with Crippen LogP contribution < -0.4 is 14.8 Å². The van der Waals surface area contributed by atoms with E-state index in [2.05, 4.69) is 31.3 Å². The van der Waals surface area contributed by atoms with Gasteiger partial charge in [0.25, 0.3) is 0 Å². The van der Waals surface area contributed by atoms with Gasteiger partial charge in [0.1, 0.15) is 13.2 Å². The number of aliphatic carboxylic acids is 1. The largest absolute Gasteiger partial charge is 0.486 e. The van der Waals surface area contributed by atoms with Crippen molar-refractivity contribution in [2.24, 2.45) is 12.0 Å². The van der Waals surface area contributed by atoms with E-state index in [1.807, 2.05) is 61.6 Å². The SMILES string of the molecule is C[C@@H](O)[C@H](N=Cc1ccc2c(Nc3cccc(-c4ccc5c(c4)OCCO5)c3Br)nn(C)c2c1)C(=O)O. The molecule has 0 fully saturated rings. The number of hydrogen-bond acceptors (Lipinski definition) is 7. The zero-order valence-corrected chi connectivity index (χ0v) is 21.8. The number of fused-ring (bicyclic) bond motifs is 2. The number of carboxylic acids is 1. The van der Waals surface area contributed by atoms with Crippen molar-refractivity contribution in [1.82, 2.24) is 9.78 Å². The maximum absolute atomic E-state index is 11.3. The minimum atomic E-state index is -1.22. The highest BCUT2D eigenvalue weighted by atomic mass is 79.9. The number of nitrogens with one attached hydrogen (secondary N) is 1. The molecule has 2 heterocycles. The van der Waals surface area contributed by atoms with Crippen LogP contribution in [-0.2, 0) is 11.8 Å². The Morgan fingerprint density at radius 2 is 1.95 bits per heavy atom. The lowest BCUT2D eigenvalue weighted by atomic mass is 10.0. The number of aryl methyl sites for hydroxylation is 1. The van der Waals surface area contributed by atoms with Crippen molar-refractivity contribution in [2.75, 3.05) is 18.5 Å². The molecule has 4 aromatic rings. The Kier molecular flexibility index (Phi) is 6.86. The standard InChI is InChI=1S/C27H25BrN4O5/c1-15(33)25(27(34)35)29-14-16-6-8-19-21(12-16)32(2)31-26(19)30-20-5-3-4-18(24(20)28)17-7-9-22-23(13-17)37-11-10-36-22/h3-9,12-15,25,33H,10-11H2,1-2H3,(H,30,31)(H,34,35)/t15-,25+/m1/s1. The molecular weight excluding hydrogens is 540 g/mol. The highest BCUT2D eigenvalue weighted by Crippen LogP contribution is 2.40. The number of aliphatic imine (C=N–C) groups is 1. The van der Waals surface area contributed by atoms with E-state index in [4.69, 9.17) is 9.47 Å². The van der Waals surface area contributed by atoms with Crippen molar-refractivity contribution in [1.29, 1.82) is 0 Å². The molecule has 0 spiro atoms. The van der Waals surface area contributed by atoms with Gasteiger partial charge in [-0.2, -0.15) is 5.10 Å². The van der Waals surface area contributed by atoms with Crippen LogP contribution in [0.1, 0.15) is 12.5 Å². The number of carbonyl (C=O) groups is 1. The molecule has 0 amide bonds. The van der Waals surface area contributed by atoms with Gasteiger partial charge < -0.3 is 25.0 Å². The Hall–Kier alpha value is -3.89. The highest BCUT2D eigenvalue weighted by Gasteiger charge is 2.21. The number of aliphatic hydroxyl groups is 1. The van der Waals surface area contributed by atoms with Crippen molar-refractivity contribution in [3.05, 3.63) is 64.6 Å². The number of nitrogens with zero attached hydrogens (tertiary/aromatic N) is 3. The van der Waals surface area contributed by atoms with Gasteiger partial charge in [0, 0.05) is 23.1 Å². The van der Waals surface area contributed by atoms with E-state index < -0.39 is 18.1 Å². The van der Waals surface area contributed by atoms with Crippen LogP contribution in [0.4, 0.5) is 11.5 Å². The van der Waals surface area contributed by atoms with Crippen molar-refractivity contribution in [3.8, 4) is 22.6 Å². The Balaban J connectivity index is 1.44. The number of aromatic nitrogens is 2. The zero-order valence-electron chi connectivity index (χ0n) is 20.2. The van der Waals surface area contributed by atoms with E-state index >= 15 is 0 Å². The van der Waals surface area contributed by atoms with E-state index in [1.54, 1.807) is 4.68 Å². The summed E-state index contributed by atoms with van der Waals surface area (Å²) in [5.41, 5.74) is 4.38. The van der Waals surface area contributed by atoms with Gasteiger partial charge in [0.2, 0.25) is 0 Å². The minimum Gasteiger partial charge on any atom is -0.486 e. The molecule has 3 N–H and O–H groups in total. The summed E-state index contributed by atoms with van der Waals surface area (Å²) in [5, 5.41) is 27.9. The van der Waals surface area contributed by atoms with E-state index in [0.29, 0.717) is 24.6 Å². The van der Waals surface area contributed by atoms with Gasteiger partial charge in [-0.1, -0.05) is 24.3 Å². The number of aliphatic hydroxyl groups excluding tert-OH is 1. The molecule has 0 bridgehead atoms. The summed E-state index contributed by atoms with van der Waals surface area (Å²) < 4.78 is 14.0. The maximum atomic E-state index is 11.3. The first-order chi connectivity index (χ1) is 17.8. The second-order valence-electron chi connectivity index (χ2n) is 8.70. The predicted molar refractivity (Wildman–Crippen MR) is 145 cm³/mol. The van der Waals surface area contributed by atoms with Crippen LogP contribution in [-0.4, -0.2) is 57.5 Å². The fourth-order valence-electron chi connectivity index (χ4n) is 4.20. The van der Waals surface area contributed by atoms with Gasteiger partial charge in [0.15, 0.2) is 23.4 Å². The zero-order chi connectivity index (χ0) is 26.1. The molecule has 9 nitrogen and oxygen atoms in total. The van der Waals surface area contributed by atoms with Crippen molar-refractivity contribution in [3.63, 3.8) is 0 Å².